The first-order chi connectivity index (χ1) is 6.38. The van der Waals surface area contributed by atoms with Crippen LogP contribution in [0.25, 0.3) is 11.1 Å². The van der Waals surface area contributed by atoms with Crippen LogP contribution in [0.3, 0.4) is 0 Å². The van der Waals surface area contributed by atoms with E-state index in [1.54, 1.807) is 18.6 Å². The minimum Gasteiger partial charge on any atom is -0.244 e. The summed E-state index contributed by atoms with van der Waals surface area (Å²) in [5.74, 6) is 0. The highest BCUT2D eigenvalue weighted by Crippen LogP contribution is 2.23. The molecule has 0 aliphatic carbocycles. The maximum absolute atomic E-state index is 4.01. The predicted molar refractivity (Wildman–Crippen MR) is 50.8 cm³/mol. The number of hydrogen-bond acceptors (Lipinski definition) is 4. The van der Waals surface area contributed by atoms with Gasteiger partial charge in [-0.3, -0.25) is 0 Å². The molecule has 0 radical (unpaired) electrons. The third-order valence-corrected chi connectivity index (χ3v) is 2.17. The molecule has 0 saturated carbocycles. The summed E-state index contributed by atoms with van der Waals surface area (Å²) in [6.45, 7) is 0. The van der Waals surface area contributed by atoms with Crippen molar-refractivity contribution in [2.24, 2.45) is 0 Å². The smallest absolute Gasteiger partial charge is 0.117 e. The van der Waals surface area contributed by atoms with Crippen LogP contribution < -0.4 is 0 Å². The van der Waals surface area contributed by atoms with E-state index in [9.17, 15) is 0 Å². The van der Waals surface area contributed by atoms with Crippen molar-refractivity contribution in [1.29, 1.82) is 0 Å². The first-order valence-electron chi connectivity index (χ1n) is 3.59. The minimum atomic E-state index is 0.748. The van der Waals surface area contributed by atoms with Crippen LogP contribution in [-0.4, -0.2) is 19.9 Å². The summed E-state index contributed by atoms with van der Waals surface area (Å²) in [4.78, 5) is 15.8. The highest BCUT2D eigenvalue weighted by molar-refractivity contribution is 9.10. The molecular weight excluding hydrogens is 232 g/mol. The fourth-order valence-corrected chi connectivity index (χ4v) is 1.37. The van der Waals surface area contributed by atoms with Crippen molar-refractivity contribution >= 4 is 15.9 Å². The van der Waals surface area contributed by atoms with Gasteiger partial charge in [0.15, 0.2) is 0 Å². The van der Waals surface area contributed by atoms with Crippen molar-refractivity contribution in [2.75, 3.05) is 0 Å². The SMILES string of the molecule is Brc1ncncc1-c1cncnc1. The van der Waals surface area contributed by atoms with Crippen LogP contribution in [0.5, 0.6) is 0 Å². The summed E-state index contributed by atoms with van der Waals surface area (Å²) in [5, 5.41) is 0. The van der Waals surface area contributed by atoms with Gasteiger partial charge in [0.25, 0.3) is 0 Å². The van der Waals surface area contributed by atoms with Gasteiger partial charge in [-0.05, 0) is 15.9 Å². The molecule has 64 valence electrons. The van der Waals surface area contributed by atoms with E-state index in [1.165, 1.54) is 12.7 Å². The summed E-state index contributed by atoms with van der Waals surface area (Å²) in [6.07, 6.45) is 8.13. The van der Waals surface area contributed by atoms with Gasteiger partial charge in [-0.25, -0.2) is 19.9 Å². The molecular formula is C8H5BrN4. The monoisotopic (exact) mass is 236 g/mol. The Morgan fingerprint density at radius 3 is 2.31 bits per heavy atom. The van der Waals surface area contributed by atoms with Gasteiger partial charge in [-0.2, -0.15) is 0 Å². The Hall–Kier alpha value is -1.36. The Bertz CT molecular complexity index is 404. The van der Waals surface area contributed by atoms with Crippen LogP contribution in [0.2, 0.25) is 0 Å². The topological polar surface area (TPSA) is 51.6 Å². The minimum absolute atomic E-state index is 0.748. The van der Waals surface area contributed by atoms with Gasteiger partial charge in [0, 0.05) is 29.7 Å². The van der Waals surface area contributed by atoms with Crippen molar-refractivity contribution in [3.8, 4) is 11.1 Å². The third kappa shape index (κ3) is 1.70. The molecule has 2 aromatic heterocycles. The van der Waals surface area contributed by atoms with Gasteiger partial charge in [-0.1, -0.05) is 0 Å². The van der Waals surface area contributed by atoms with E-state index in [4.69, 9.17) is 0 Å². The van der Waals surface area contributed by atoms with Gasteiger partial charge in [-0.15, -0.1) is 0 Å². The van der Waals surface area contributed by atoms with Gasteiger partial charge < -0.3 is 0 Å². The zero-order valence-corrected chi connectivity index (χ0v) is 8.14. The van der Waals surface area contributed by atoms with E-state index in [0.717, 1.165) is 15.7 Å². The van der Waals surface area contributed by atoms with Crippen LogP contribution >= 0.6 is 15.9 Å². The normalized spacial score (nSPS) is 9.92. The number of nitrogens with zero attached hydrogens (tertiary/aromatic N) is 4. The Kier molecular flexibility index (Phi) is 2.27. The zero-order chi connectivity index (χ0) is 9.10. The Morgan fingerprint density at radius 2 is 1.62 bits per heavy atom. The molecule has 0 N–H and O–H groups in total. The van der Waals surface area contributed by atoms with Crippen molar-refractivity contribution in [3.05, 3.63) is 35.8 Å². The molecule has 4 nitrogen and oxygen atoms in total. The highest BCUT2D eigenvalue weighted by atomic mass is 79.9. The second-order valence-electron chi connectivity index (χ2n) is 2.35. The molecule has 0 fully saturated rings. The average molecular weight is 237 g/mol. The highest BCUT2D eigenvalue weighted by Gasteiger charge is 2.03. The zero-order valence-electron chi connectivity index (χ0n) is 6.55. The fourth-order valence-electron chi connectivity index (χ4n) is 0.947. The molecule has 13 heavy (non-hydrogen) atoms. The second-order valence-corrected chi connectivity index (χ2v) is 3.11. The number of halogens is 1. The summed E-state index contributed by atoms with van der Waals surface area (Å²) >= 11 is 3.33. The predicted octanol–water partition coefficient (Wildman–Crippen LogP) is 1.70. The molecule has 0 unspecified atom stereocenters. The lowest BCUT2D eigenvalue weighted by atomic mass is 10.2. The molecule has 2 aromatic rings. The van der Waals surface area contributed by atoms with Gasteiger partial charge >= 0.3 is 0 Å². The van der Waals surface area contributed by atoms with Crippen LogP contribution in [0.4, 0.5) is 0 Å². The molecule has 0 spiro atoms. The Morgan fingerprint density at radius 1 is 0.923 bits per heavy atom. The standard InChI is InChI=1S/C8H5BrN4/c9-8-7(3-12-5-13-8)6-1-10-4-11-2-6/h1-5H. The molecule has 2 rings (SSSR count). The average Bonchev–Trinajstić information content (AvgIpc) is 2.20. The van der Waals surface area contributed by atoms with Crippen LogP contribution in [-0.2, 0) is 0 Å². The first kappa shape index (κ1) is 8.25. The molecule has 0 aromatic carbocycles. The maximum Gasteiger partial charge on any atom is 0.117 e. The lowest BCUT2D eigenvalue weighted by Gasteiger charge is -1.99. The number of rotatable bonds is 1. The van der Waals surface area contributed by atoms with E-state index < -0.39 is 0 Å². The van der Waals surface area contributed by atoms with Crippen molar-refractivity contribution in [1.82, 2.24) is 19.9 Å². The van der Waals surface area contributed by atoms with Gasteiger partial charge in [0.2, 0.25) is 0 Å². The molecule has 5 heteroatoms. The van der Waals surface area contributed by atoms with E-state index in [0.29, 0.717) is 0 Å². The third-order valence-electron chi connectivity index (χ3n) is 1.54. The van der Waals surface area contributed by atoms with E-state index in [1.807, 2.05) is 0 Å². The van der Waals surface area contributed by atoms with Gasteiger partial charge in [0.1, 0.15) is 17.3 Å². The fraction of sp³-hybridized carbons (Fsp3) is 0. The molecule has 0 amide bonds. The van der Waals surface area contributed by atoms with E-state index in [-0.39, 0.29) is 0 Å². The molecule has 0 atom stereocenters. The molecule has 0 aliphatic rings. The summed E-state index contributed by atoms with van der Waals surface area (Å²) in [5.41, 5.74) is 1.79. The summed E-state index contributed by atoms with van der Waals surface area (Å²) < 4.78 is 0.748. The van der Waals surface area contributed by atoms with Crippen LogP contribution in [0.1, 0.15) is 0 Å². The second kappa shape index (κ2) is 3.57. The largest absolute Gasteiger partial charge is 0.244 e. The van der Waals surface area contributed by atoms with E-state index >= 15 is 0 Å². The van der Waals surface area contributed by atoms with Crippen molar-refractivity contribution < 1.29 is 0 Å². The quantitative estimate of drug-likeness (QED) is 0.708. The van der Waals surface area contributed by atoms with Crippen molar-refractivity contribution in [3.63, 3.8) is 0 Å². The number of hydrogen-bond donors (Lipinski definition) is 0. The summed E-state index contributed by atoms with van der Waals surface area (Å²) in [6, 6.07) is 0. The lowest BCUT2D eigenvalue weighted by Crippen LogP contribution is -1.87. The first-order valence-corrected chi connectivity index (χ1v) is 4.38. The molecule has 0 aliphatic heterocycles. The summed E-state index contributed by atoms with van der Waals surface area (Å²) in [7, 11) is 0. The van der Waals surface area contributed by atoms with Gasteiger partial charge in [0.05, 0.1) is 0 Å². The molecule has 2 heterocycles. The number of aromatic nitrogens is 4. The van der Waals surface area contributed by atoms with Crippen LogP contribution in [0, 0.1) is 0 Å². The molecule has 0 bridgehead atoms. The maximum atomic E-state index is 4.01. The van der Waals surface area contributed by atoms with Crippen molar-refractivity contribution in [2.45, 2.75) is 0 Å². The van der Waals surface area contributed by atoms with Crippen LogP contribution in [0.15, 0.2) is 35.8 Å². The Balaban J connectivity index is 2.54. The Labute approximate surface area is 83.2 Å². The molecule has 0 saturated heterocycles. The van der Waals surface area contributed by atoms with E-state index in [2.05, 4.69) is 35.9 Å². The lowest BCUT2D eigenvalue weighted by molar-refractivity contribution is 1.12.